The Labute approximate surface area is 174 Å². The Hall–Kier alpha value is -2.33. The van der Waals surface area contributed by atoms with E-state index in [0.29, 0.717) is 18.5 Å². The predicted molar refractivity (Wildman–Crippen MR) is 118 cm³/mol. The number of urea groups is 1. The fourth-order valence-corrected chi connectivity index (χ4v) is 5.08. The monoisotopic (exact) mass is 391 g/mol. The Bertz CT molecular complexity index is 851. The summed E-state index contributed by atoms with van der Waals surface area (Å²) in [4.78, 5) is 14.9. The highest BCUT2D eigenvalue weighted by Crippen LogP contribution is 2.31. The van der Waals surface area contributed by atoms with Gasteiger partial charge in [-0.3, -0.25) is 4.90 Å². The molecule has 1 atom stereocenters. The summed E-state index contributed by atoms with van der Waals surface area (Å²) in [5, 5.41) is 6.33. The van der Waals surface area contributed by atoms with Gasteiger partial charge in [0.05, 0.1) is 0 Å². The van der Waals surface area contributed by atoms with E-state index in [1.165, 1.54) is 22.3 Å². The third-order valence-corrected chi connectivity index (χ3v) is 6.50. The Morgan fingerprint density at radius 2 is 1.52 bits per heavy atom. The van der Waals surface area contributed by atoms with Crippen LogP contribution in [0.15, 0.2) is 48.5 Å². The van der Waals surface area contributed by atoms with E-state index in [1.54, 1.807) is 0 Å². The minimum atomic E-state index is -0.220. The summed E-state index contributed by atoms with van der Waals surface area (Å²) < 4.78 is 0. The number of rotatable bonds is 5. The number of benzene rings is 2. The molecule has 0 radical (unpaired) electrons. The van der Waals surface area contributed by atoms with Gasteiger partial charge in [-0.15, -0.1) is 0 Å². The van der Waals surface area contributed by atoms with Gasteiger partial charge in [0, 0.05) is 24.7 Å². The van der Waals surface area contributed by atoms with Crippen molar-refractivity contribution in [1.29, 1.82) is 0 Å². The van der Waals surface area contributed by atoms with Crippen molar-refractivity contribution in [3.63, 3.8) is 0 Å². The van der Waals surface area contributed by atoms with Crippen LogP contribution in [0.5, 0.6) is 0 Å². The molecule has 1 aliphatic heterocycles. The van der Waals surface area contributed by atoms with E-state index >= 15 is 0 Å². The molecule has 1 aliphatic carbocycles. The van der Waals surface area contributed by atoms with Gasteiger partial charge >= 0.3 is 6.03 Å². The van der Waals surface area contributed by atoms with Crippen LogP contribution in [0.3, 0.4) is 0 Å². The second-order valence-corrected chi connectivity index (χ2v) is 9.51. The molecule has 0 saturated carbocycles. The van der Waals surface area contributed by atoms with Crippen molar-refractivity contribution in [3.8, 4) is 0 Å². The van der Waals surface area contributed by atoms with Gasteiger partial charge in [0.1, 0.15) is 0 Å². The van der Waals surface area contributed by atoms with Crippen LogP contribution < -0.4 is 10.6 Å². The summed E-state index contributed by atoms with van der Waals surface area (Å²) in [5.41, 5.74) is 5.52. The summed E-state index contributed by atoms with van der Waals surface area (Å²) in [6.45, 7) is 5.89. The van der Waals surface area contributed by atoms with Crippen LogP contribution in [0.1, 0.15) is 42.5 Å². The van der Waals surface area contributed by atoms with E-state index in [-0.39, 0.29) is 11.6 Å². The molecule has 0 bridgehead atoms. The van der Waals surface area contributed by atoms with Crippen molar-refractivity contribution < 1.29 is 4.79 Å². The number of hydrogen-bond acceptors (Lipinski definition) is 2. The van der Waals surface area contributed by atoms with Crippen molar-refractivity contribution in [2.45, 2.75) is 57.7 Å². The fourth-order valence-electron chi connectivity index (χ4n) is 5.08. The first-order chi connectivity index (χ1) is 13.9. The van der Waals surface area contributed by atoms with Crippen molar-refractivity contribution in [2.24, 2.45) is 5.92 Å². The number of fused-ring (bicyclic) bond motifs is 2. The van der Waals surface area contributed by atoms with Crippen LogP contribution in [0, 0.1) is 5.92 Å². The molecule has 2 aromatic carbocycles. The molecular weight excluding hydrogens is 358 g/mol. The zero-order valence-electron chi connectivity index (χ0n) is 17.9. The zero-order valence-corrected chi connectivity index (χ0v) is 17.9. The van der Waals surface area contributed by atoms with E-state index in [1.807, 2.05) is 0 Å². The number of carbonyl (C=O) groups is 1. The molecule has 4 rings (SSSR count). The molecule has 0 fully saturated rings. The first-order valence-corrected chi connectivity index (χ1v) is 10.8. The third-order valence-electron chi connectivity index (χ3n) is 6.50. The maximum atomic E-state index is 12.6. The second-order valence-electron chi connectivity index (χ2n) is 9.51. The summed E-state index contributed by atoms with van der Waals surface area (Å²) in [6, 6.07) is 17.6. The van der Waals surface area contributed by atoms with Crippen molar-refractivity contribution in [3.05, 3.63) is 70.8 Å². The number of amides is 2. The summed E-state index contributed by atoms with van der Waals surface area (Å²) in [7, 11) is 2.14. The van der Waals surface area contributed by atoms with Gasteiger partial charge in [0.25, 0.3) is 0 Å². The van der Waals surface area contributed by atoms with Gasteiger partial charge in [0.15, 0.2) is 0 Å². The summed E-state index contributed by atoms with van der Waals surface area (Å²) in [5.74, 6) is 0.601. The Kier molecular flexibility index (Phi) is 5.64. The number of nitrogens with zero attached hydrogens (tertiary/aromatic N) is 1. The van der Waals surface area contributed by atoms with Gasteiger partial charge in [0.2, 0.25) is 0 Å². The molecule has 4 heteroatoms. The standard InChI is InChI=1S/C25H33N3O/c1-25(2,15-18-12-19-8-4-5-9-20(19)13-18)27-24(29)26-16-23-14-21-10-6-7-11-22(21)17-28(23)3/h4-11,18,23H,12-17H2,1-3H3,(H2,26,27,29)/t23-/m0/s1. The SMILES string of the molecule is CN1Cc2ccccc2C[C@H]1CNC(=O)NC(C)(C)CC1Cc2ccccc2C1. The first-order valence-electron chi connectivity index (χ1n) is 10.8. The molecule has 2 aromatic rings. The molecule has 2 aliphatic rings. The molecule has 0 unspecified atom stereocenters. The number of likely N-dealkylation sites (N-methyl/N-ethyl adjacent to an activating group) is 1. The molecule has 2 N–H and O–H groups in total. The van der Waals surface area contributed by atoms with Crippen LogP contribution in [0.25, 0.3) is 0 Å². The maximum Gasteiger partial charge on any atom is 0.315 e. The molecule has 1 heterocycles. The van der Waals surface area contributed by atoms with E-state index < -0.39 is 0 Å². The average molecular weight is 392 g/mol. The van der Waals surface area contributed by atoms with Crippen LogP contribution in [0.2, 0.25) is 0 Å². The Morgan fingerprint density at radius 1 is 0.966 bits per heavy atom. The maximum absolute atomic E-state index is 12.6. The lowest BCUT2D eigenvalue weighted by atomic mass is 9.89. The molecule has 0 spiro atoms. The largest absolute Gasteiger partial charge is 0.337 e. The minimum absolute atomic E-state index is 0.0576. The van der Waals surface area contributed by atoms with Crippen LogP contribution in [0.4, 0.5) is 4.79 Å². The lowest BCUT2D eigenvalue weighted by molar-refractivity contribution is 0.197. The van der Waals surface area contributed by atoms with Crippen molar-refractivity contribution in [1.82, 2.24) is 15.5 Å². The highest BCUT2D eigenvalue weighted by molar-refractivity contribution is 5.74. The second kappa shape index (κ2) is 8.19. The smallest absolute Gasteiger partial charge is 0.315 e. The minimum Gasteiger partial charge on any atom is -0.337 e. The van der Waals surface area contributed by atoms with Gasteiger partial charge in [-0.05, 0) is 74.8 Å². The molecule has 4 nitrogen and oxygen atoms in total. The number of carbonyl (C=O) groups excluding carboxylic acids is 1. The topological polar surface area (TPSA) is 44.4 Å². The molecular formula is C25H33N3O. The van der Waals surface area contributed by atoms with Crippen LogP contribution in [-0.2, 0) is 25.8 Å². The Morgan fingerprint density at radius 3 is 2.14 bits per heavy atom. The zero-order chi connectivity index (χ0) is 20.4. The molecule has 0 aromatic heterocycles. The van der Waals surface area contributed by atoms with E-state index in [0.717, 1.165) is 32.2 Å². The fraction of sp³-hybridized carbons (Fsp3) is 0.480. The third kappa shape index (κ3) is 4.81. The van der Waals surface area contributed by atoms with Crippen molar-refractivity contribution in [2.75, 3.05) is 13.6 Å². The van der Waals surface area contributed by atoms with E-state index in [4.69, 9.17) is 0 Å². The molecule has 0 saturated heterocycles. The lowest BCUT2D eigenvalue weighted by Gasteiger charge is -2.35. The summed E-state index contributed by atoms with van der Waals surface area (Å²) >= 11 is 0. The normalized spacial score (nSPS) is 19.5. The van der Waals surface area contributed by atoms with E-state index in [2.05, 4.69) is 85.0 Å². The van der Waals surface area contributed by atoms with Gasteiger partial charge in [-0.25, -0.2) is 4.79 Å². The van der Waals surface area contributed by atoms with Gasteiger partial charge < -0.3 is 10.6 Å². The van der Waals surface area contributed by atoms with Gasteiger partial charge in [-0.2, -0.15) is 0 Å². The Balaban J connectivity index is 1.26. The van der Waals surface area contributed by atoms with E-state index in [9.17, 15) is 4.79 Å². The quantitative estimate of drug-likeness (QED) is 0.811. The highest BCUT2D eigenvalue weighted by Gasteiger charge is 2.30. The molecule has 154 valence electrons. The predicted octanol–water partition coefficient (Wildman–Crippen LogP) is 3.93. The first kappa shape index (κ1) is 20.0. The van der Waals surface area contributed by atoms with Crippen LogP contribution in [-0.4, -0.2) is 36.1 Å². The average Bonchev–Trinajstić information content (AvgIpc) is 3.07. The highest BCUT2D eigenvalue weighted by atomic mass is 16.2. The lowest BCUT2D eigenvalue weighted by Crippen LogP contribution is -2.52. The van der Waals surface area contributed by atoms with Crippen molar-refractivity contribution >= 4 is 6.03 Å². The number of hydrogen-bond donors (Lipinski definition) is 2. The number of nitrogens with one attached hydrogen (secondary N) is 2. The molecule has 29 heavy (non-hydrogen) atoms. The summed E-state index contributed by atoms with van der Waals surface area (Å²) in [6.07, 6.45) is 4.22. The molecule has 2 amide bonds. The van der Waals surface area contributed by atoms with Crippen LogP contribution >= 0.6 is 0 Å². The van der Waals surface area contributed by atoms with Gasteiger partial charge in [-0.1, -0.05) is 48.5 Å².